The van der Waals surface area contributed by atoms with Crippen LogP contribution in [-0.4, -0.2) is 0 Å². The molecule has 0 aliphatic heterocycles. The molecule has 1 nitrogen and oxygen atoms in total. The van der Waals surface area contributed by atoms with Gasteiger partial charge in [0.15, 0.2) is 12.4 Å². The van der Waals surface area contributed by atoms with Gasteiger partial charge in [-0.25, -0.2) is 4.57 Å². The van der Waals surface area contributed by atoms with Crippen molar-refractivity contribution >= 4 is 0 Å². The van der Waals surface area contributed by atoms with E-state index in [0.29, 0.717) is 0 Å². The molecule has 0 saturated carbocycles. The van der Waals surface area contributed by atoms with Gasteiger partial charge in [0.05, 0.1) is 0 Å². The van der Waals surface area contributed by atoms with Gasteiger partial charge >= 0.3 is 0 Å². The maximum Gasteiger partial charge on any atom is 0.171 e. The van der Waals surface area contributed by atoms with E-state index in [1.54, 1.807) is 0 Å². The molecule has 1 heterocycles. The molecule has 1 rings (SSSR count). The lowest BCUT2D eigenvalue weighted by Gasteiger charge is -1.98. The van der Waals surface area contributed by atoms with Crippen molar-refractivity contribution in [2.75, 3.05) is 0 Å². The Labute approximate surface area is 92.5 Å². The highest BCUT2D eigenvalue weighted by molar-refractivity contribution is 5.01. The lowest BCUT2D eigenvalue weighted by atomic mass is 10.1. The van der Waals surface area contributed by atoms with Crippen LogP contribution in [0, 0.1) is 6.92 Å². The Morgan fingerprint density at radius 3 is 2.53 bits per heavy atom. The SMILES string of the molecule is CCCCCCC[n+]1cccc(C)c1.[F-]. The zero-order valence-electron chi connectivity index (χ0n) is 9.88. The third kappa shape index (κ3) is 6.21. The van der Waals surface area contributed by atoms with Crippen LogP contribution in [0.1, 0.15) is 44.6 Å². The zero-order valence-corrected chi connectivity index (χ0v) is 9.88. The van der Waals surface area contributed by atoms with E-state index in [4.69, 9.17) is 0 Å². The second-order valence-electron chi connectivity index (χ2n) is 4.03. The fourth-order valence-electron chi connectivity index (χ4n) is 1.69. The van der Waals surface area contributed by atoms with E-state index in [0.717, 1.165) is 0 Å². The van der Waals surface area contributed by atoms with Crippen molar-refractivity contribution in [2.24, 2.45) is 0 Å². The first-order chi connectivity index (χ1) is 6.83. The summed E-state index contributed by atoms with van der Waals surface area (Å²) in [5.41, 5.74) is 1.35. The first-order valence-corrected chi connectivity index (χ1v) is 5.78. The van der Waals surface area contributed by atoms with Crippen LogP contribution in [-0.2, 0) is 6.54 Å². The molecule has 1 aromatic heterocycles. The highest BCUT2D eigenvalue weighted by Gasteiger charge is 1.99. The summed E-state index contributed by atoms with van der Waals surface area (Å²) in [6.07, 6.45) is 11.2. The van der Waals surface area contributed by atoms with E-state index in [-0.39, 0.29) is 4.70 Å². The summed E-state index contributed by atoms with van der Waals surface area (Å²) in [6, 6.07) is 4.27. The van der Waals surface area contributed by atoms with E-state index in [9.17, 15) is 0 Å². The molecule has 2 heteroatoms. The molecule has 0 spiro atoms. The summed E-state index contributed by atoms with van der Waals surface area (Å²) in [7, 11) is 0. The molecule has 1 aromatic rings. The second-order valence-corrected chi connectivity index (χ2v) is 4.03. The molecule has 0 bridgehead atoms. The Balaban J connectivity index is 0.00000196. The summed E-state index contributed by atoms with van der Waals surface area (Å²) in [4.78, 5) is 0. The monoisotopic (exact) mass is 211 g/mol. The lowest BCUT2D eigenvalue weighted by molar-refractivity contribution is -0.697. The number of rotatable bonds is 6. The number of unbranched alkanes of at least 4 members (excludes halogenated alkanes) is 4. The van der Waals surface area contributed by atoms with Crippen LogP contribution in [0.2, 0.25) is 0 Å². The van der Waals surface area contributed by atoms with Gasteiger partial charge in [0, 0.05) is 18.1 Å². The Hall–Kier alpha value is -0.920. The standard InChI is InChI=1S/C13H22N.FH/c1-3-4-5-6-7-10-14-11-8-9-13(2)12-14;/h8-9,11-12H,3-7,10H2,1-2H3;1H/q+1;/p-1. The maximum absolute atomic E-state index is 2.29. The van der Waals surface area contributed by atoms with Gasteiger partial charge in [-0.15, -0.1) is 0 Å². The fourth-order valence-corrected chi connectivity index (χ4v) is 1.69. The zero-order chi connectivity index (χ0) is 10.2. The normalized spacial score (nSPS) is 9.73. The average molecular weight is 211 g/mol. The summed E-state index contributed by atoms with van der Waals surface area (Å²) >= 11 is 0. The van der Waals surface area contributed by atoms with Crippen molar-refractivity contribution in [1.29, 1.82) is 0 Å². The van der Waals surface area contributed by atoms with Crippen molar-refractivity contribution in [1.82, 2.24) is 0 Å². The molecule has 0 radical (unpaired) electrons. The third-order valence-electron chi connectivity index (χ3n) is 2.53. The Morgan fingerprint density at radius 1 is 1.13 bits per heavy atom. The molecule has 0 unspecified atom stereocenters. The van der Waals surface area contributed by atoms with Crippen LogP contribution in [0.15, 0.2) is 24.5 Å². The number of aromatic nitrogens is 1. The van der Waals surface area contributed by atoms with E-state index >= 15 is 0 Å². The molecule has 15 heavy (non-hydrogen) atoms. The van der Waals surface area contributed by atoms with Crippen molar-refractivity contribution < 1.29 is 9.27 Å². The minimum Gasteiger partial charge on any atom is -1.00 e. The third-order valence-corrected chi connectivity index (χ3v) is 2.53. The molecule has 0 atom stereocenters. The molecule has 0 fully saturated rings. The minimum absolute atomic E-state index is 0. The molecule has 0 aromatic carbocycles. The number of nitrogens with zero attached hydrogens (tertiary/aromatic N) is 1. The number of halogens is 1. The van der Waals surface area contributed by atoms with E-state index in [1.165, 1.54) is 44.2 Å². The van der Waals surface area contributed by atoms with Crippen molar-refractivity contribution in [3.05, 3.63) is 30.1 Å². The van der Waals surface area contributed by atoms with Crippen LogP contribution in [0.4, 0.5) is 0 Å². The molecule has 0 amide bonds. The van der Waals surface area contributed by atoms with Crippen LogP contribution in [0.25, 0.3) is 0 Å². The van der Waals surface area contributed by atoms with Gasteiger partial charge in [0.1, 0.15) is 6.54 Å². The Kier molecular flexibility index (Phi) is 7.88. The summed E-state index contributed by atoms with van der Waals surface area (Å²) in [5.74, 6) is 0. The van der Waals surface area contributed by atoms with Crippen LogP contribution < -0.4 is 9.27 Å². The van der Waals surface area contributed by atoms with Crippen LogP contribution in [0.5, 0.6) is 0 Å². The van der Waals surface area contributed by atoms with Gasteiger partial charge in [-0.1, -0.05) is 26.2 Å². The number of hydrogen-bond acceptors (Lipinski definition) is 0. The number of hydrogen-bond donors (Lipinski definition) is 0. The first kappa shape index (κ1) is 14.1. The Bertz CT molecular complexity index is 260. The van der Waals surface area contributed by atoms with Crippen molar-refractivity contribution in [3.8, 4) is 0 Å². The van der Waals surface area contributed by atoms with Crippen molar-refractivity contribution in [3.63, 3.8) is 0 Å². The van der Waals surface area contributed by atoms with Gasteiger partial charge in [0.25, 0.3) is 0 Å². The van der Waals surface area contributed by atoms with Gasteiger partial charge in [-0.05, 0) is 19.4 Å². The predicted molar refractivity (Wildman–Crippen MR) is 60.1 cm³/mol. The van der Waals surface area contributed by atoms with Gasteiger partial charge in [0.2, 0.25) is 0 Å². The molecular formula is C13H22FN. The van der Waals surface area contributed by atoms with Gasteiger partial charge in [-0.2, -0.15) is 0 Å². The lowest BCUT2D eigenvalue weighted by Crippen LogP contribution is -3.00. The predicted octanol–water partition coefficient (Wildman–Crippen LogP) is 0.257. The molecule has 0 aliphatic rings. The first-order valence-electron chi connectivity index (χ1n) is 5.78. The average Bonchev–Trinajstić information content (AvgIpc) is 2.18. The second kappa shape index (κ2) is 8.39. The summed E-state index contributed by atoms with van der Waals surface area (Å²) in [5, 5.41) is 0. The summed E-state index contributed by atoms with van der Waals surface area (Å²) < 4.78 is 2.29. The molecule has 0 aliphatic carbocycles. The number of aryl methyl sites for hydroxylation is 2. The maximum atomic E-state index is 2.29. The largest absolute Gasteiger partial charge is 1.00 e. The van der Waals surface area contributed by atoms with Gasteiger partial charge in [-0.3, -0.25) is 0 Å². The summed E-state index contributed by atoms with van der Waals surface area (Å²) in [6.45, 7) is 5.58. The Morgan fingerprint density at radius 2 is 1.87 bits per heavy atom. The molecule has 0 saturated heterocycles. The van der Waals surface area contributed by atoms with Crippen molar-refractivity contribution in [2.45, 2.75) is 52.5 Å². The highest BCUT2D eigenvalue weighted by atomic mass is 19.0. The molecule has 0 N–H and O–H groups in total. The van der Waals surface area contributed by atoms with E-state index in [2.05, 4.69) is 42.9 Å². The highest BCUT2D eigenvalue weighted by Crippen LogP contribution is 2.02. The fraction of sp³-hybridized carbons (Fsp3) is 0.615. The van der Waals surface area contributed by atoms with E-state index in [1.807, 2.05) is 0 Å². The van der Waals surface area contributed by atoms with Gasteiger partial charge < -0.3 is 4.70 Å². The topological polar surface area (TPSA) is 3.88 Å². The number of pyridine rings is 1. The minimum atomic E-state index is 0. The molecule has 86 valence electrons. The quantitative estimate of drug-likeness (QED) is 0.469. The van der Waals surface area contributed by atoms with E-state index < -0.39 is 0 Å². The van der Waals surface area contributed by atoms with Crippen LogP contribution in [0.3, 0.4) is 0 Å². The molecular weight excluding hydrogens is 189 g/mol. The van der Waals surface area contributed by atoms with Crippen LogP contribution >= 0.6 is 0 Å². The smallest absolute Gasteiger partial charge is 0.171 e.